The molecule has 2 heterocycles. The van der Waals surface area contributed by atoms with E-state index in [0.29, 0.717) is 17.9 Å². The van der Waals surface area contributed by atoms with Crippen LogP contribution in [0, 0.1) is 20.8 Å². The van der Waals surface area contributed by atoms with Crippen LogP contribution in [0.15, 0.2) is 16.7 Å². The van der Waals surface area contributed by atoms with Crippen molar-refractivity contribution in [3.8, 4) is 5.82 Å². The number of nitrogens with two attached hydrogens (primary N) is 1. The minimum atomic E-state index is -0.0347. The predicted octanol–water partition coefficient (Wildman–Crippen LogP) is 1.81. The molecule has 1 unspecified atom stereocenters. The van der Waals surface area contributed by atoms with Gasteiger partial charge in [0.25, 0.3) is 5.91 Å². The summed E-state index contributed by atoms with van der Waals surface area (Å²) in [4.78, 5) is 14.2. The largest absolute Gasteiger partial charge is 0.360 e. The molecule has 114 valence electrons. The van der Waals surface area contributed by atoms with Crippen LogP contribution in [0.2, 0.25) is 0 Å². The number of hydrogen-bond donors (Lipinski definition) is 1. The monoisotopic (exact) mass is 290 g/mol. The number of carbonyl (C=O) groups excluding carboxylic acids is 1. The van der Waals surface area contributed by atoms with Crippen LogP contribution in [0.4, 0.5) is 0 Å². The number of nitrogens with zero attached hydrogens (tertiary/aromatic N) is 3. The van der Waals surface area contributed by atoms with E-state index in [2.05, 4.69) is 5.16 Å². The summed E-state index contributed by atoms with van der Waals surface area (Å²) in [6.45, 7) is 8.06. The number of amides is 1. The maximum absolute atomic E-state index is 12.6. The van der Waals surface area contributed by atoms with E-state index in [1.807, 2.05) is 44.4 Å². The summed E-state index contributed by atoms with van der Waals surface area (Å²) in [7, 11) is 1.77. The van der Waals surface area contributed by atoms with Crippen LogP contribution in [0.3, 0.4) is 0 Å². The average molecular weight is 290 g/mol. The summed E-state index contributed by atoms with van der Waals surface area (Å²) in [6, 6.07) is 3.72. The zero-order valence-electron chi connectivity index (χ0n) is 13.2. The molecule has 1 atom stereocenters. The van der Waals surface area contributed by atoms with Crippen LogP contribution in [-0.4, -0.2) is 40.2 Å². The molecule has 2 aromatic heterocycles. The van der Waals surface area contributed by atoms with Crippen LogP contribution in [0.1, 0.15) is 34.4 Å². The van der Waals surface area contributed by atoms with Crippen molar-refractivity contribution in [1.29, 1.82) is 0 Å². The third-order valence-electron chi connectivity index (χ3n) is 3.83. The van der Waals surface area contributed by atoms with Crippen LogP contribution in [0.25, 0.3) is 5.82 Å². The molecule has 2 aromatic rings. The first-order chi connectivity index (χ1) is 9.86. The Bertz CT molecular complexity index is 657. The molecule has 6 heteroatoms. The van der Waals surface area contributed by atoms with Crippen molar-refractivity contribution in [2.75, 3.05) is 13.6 Å². The first-order valence-corrected chi connectivity index (χ1v) is 6.96. The molecule has 0 saturated carbocycles. The first-order valence-electron chi connectivity index (χ1n) is 6.96. The van der Waals surface area contributed by atoms with Gasteiger partial charge in [-0.2, -0.15) is 0 Å². The number of carbonyl (C=O) groups is 1. The lowest BCUT2D eigenvalue weighted by Crippen LogP contribution is -2.39. The highest BCUT2D eigenvalue weighted by atomic mass is 16.5. The smallest absolute Gasteiger partial charge is 0.255 e. The molecule has 0 radical (unpaired) electrons. The minimum Gasteiger partial charge on any atom is -0.360 e. The Kier molecular flexibility index (Phi) is 4.18. The maximum Gasteiger partial charge on any atom is 0.255 e. The molecule has 0 saturated heterocycles. The second-order valence-electron chi connectivity index (χ2n) is 5.42. The van der Waals surface area contributed by atoms with Crippen molar-refractivity contribution in [3.05, 3.63) is 34.8 Å². The molecule has 0 aromatic carbocycles. The third-order valence-corrected chi connectivity index (χ3v) is 3.83. The summed E-state index contributed by atoms with van der Waals surface area (Å²) in [5.41, 5.74) is 8.09. The third kappa shape index (κ3) is 2.71. The Balaban J connectivity index is 2.42. The summed E-state index contributed by atoms with van der Waals surface area (Å²) in [5, 5.41) is 4.02. The van der Waals surface area contributed by atoms with Gasteiger partial charge in [0.15, 0.2) is 5.82 Å². The van der Waals surface area contributed by atoms with Gasteiger partial charge in [-0.15, -0.1) is 0 Å². The lowest BCUT2D eigenvalue weighted by Gasteiger charge is -2.23. The summed E-state index contributed by atoms with van der Waals surface area (Å²) >= 11 is 0. The molecule has 1 amide bonds. The molecule has 0 aliphatic rings. The topological polar surface area (TPSA) is 77.3 Å². The lowest BCUT2D eigenvalue weighted by atomic mass is 10.2. The SMILES string of the molecule is Cc1cc(-n2c(C)cc(C(=O)N(C)C(C)CN)c2C)no1. The van der Waals surface area contributed by atoms with Gasteiger partial charge >= 0.3 is 0 Å². The standard InChI is InChI=1S/C15H22N4O2/c1-9-6-13(15(20)18(5)10(2)8-16)12(4)19(9)14-7-11(3)21-17-14/h6-7,10H,8,16H2,1-5H3. The fraction of sp³-hybridized carbons (Fsp3) is 0.467. The minimum absolute atomic E-state index is 0.00477. The van der Waals surface area contributed by atoms with Gasteiger partial charge in [-0.1, -0.05) is 5.16 Å². The second-order valence-corrected chi connectivity index (χ2v) is 5.42. The quantitative estimate of drug-likeness (QED) is 0.931. The highest BCUT2D eigenvalue weighted by molar-refractivity contribution is 5.96. The van der Waals surface area contributed by atoms with Gasteiger partial charge in [0.1, 0.15) is 5.76 Å². The van der Waals surface area contributed by atoms with Gasteiger partial charge in [0.2, 0.25) is 0 Å². The first kappa shape index (κ1) is 15.3. The van der Waals surface area contributed by atoms with Gasteiger partial charge in [-0.3, -0.25) is 9.36 Å². The predicted molar refractivity (Wildman–Crippen MR) is 80.7 cm³/mol. The molecule has 0 fully saturated rings. The Morgan fingerprint density at radius 2 is 2.10 bits per heavy atom. The molecule has 2 N–H and O–H groups in total. The van der Waals surface area contributed by atoms with Gasteiger partial charge in [-0.25, -0.2) is 0 Å². The van der Waals surface area contributed by atoms with E-state index >= 15 is 0 Å². The van der Waals surface area contributed by atoms with Gasteiger partial charge < -0.3 is 15.2 Å². The van der Waals surface area contributed by atoms with Crippen molar-refractivity contribution in [1.82, 2.24) is 14.6 Å². The molecule has 2 rings (SSSR count). The van der Waals surface area contributed by atoms with E-state index in [9.17, 15) is 4.79 Å². The van der Waals surface area contributed by atoms with E-state index in [1.54, 1.807) is 11.9 Å². The van der Waals surface area contributed by atoms with E-state index in [4.69, 9.17) is 10.3 Å². The Hall–Kier alpha value is -2.08. The summed E-state index contributed by atoms with van der Waals surface area (Å²) in [5.74, 6) is 1.39. The van der Waals surface area contributed by atoms with Crippen molar-refractivity contribution >= 4 is 5.91 Å². The molecule has 0 aliphatic carbocycles. The molecular weight excluding hydrogens is 268 g/mol. The van der Waals surface area contributed by atoms with Gasteiger partial charge in [0, 0.05) is 37.1 Å². The number of aryl methyl sites for hydroxylation is 2. The van der Waals surface area contributed by atoms with Crippen LogP contribution in [-0.2, 0) is 0 Å². The lowest BCUT2D eigenvalue weighted by molar-refractivity contribution is 0.0747. The molecule has 0 bridgehead atoms. The Labute approximate surface area is 124 Å². The maximum atomic E-state index is 12.6. The van der Waals surface area contributed by atoms with Crippen LogP contribution in [0.5, 0.6) is 0 Å². The molecule has 21 heavy (non-hydrogen) atoms. The van der Waals surface area contributed by atoms with Gasteiger partial charge in [-0.05, 0) is 33.8 Å². The number of rotatable bonds is 4. The number of aromatic nitrogens is 2. The van der Waals surface area contributed by atoms with Crippen molar-refractivity contribution < 1.29 is 9.32 Å². The van der Waals surface area contributed by atoms with Crippen LogP contribution < -0.4 is 5.73 Å². The van der Waals surface area contributed by atoms with E-state index in [1.165, 1.54) is 0 Å². The zero-order chi connectivity index (χ0) is 15.7. The van der Waals surface area contributed by atoms with E-state index in [-0.39, 0.29) is 11.9 Å². The van der Waals surface area contributed by atoms with Crippen molar-refractivity contribution in [2.24, 2.45) is 5.73 Å². The summed E-state index contributed by atoms with van der Waals surface area (Å²) < 4.78 is 7.04. The zero-order valence-corrected chi connectivity index (χ0v) is 13.2. The Morgan fingerprint density at radius 3 is 2.62 bits per heavy atom. The molecular formula is C15H22N4O2. The fourth-order valence-electron chi connectivity index (χ4n) is 2.34. The van der Waals surface area contributed by atoms with E-state index in [0.717, 1.165) is 17.1 Å². The normalized spacial score (nSPS) is 12.5. The van der Waals surface area contributed by atoms with Crippen molar-refractivity contribution in [3.63, 3.8) is 0 Å². The average Bonchev–Trinajstić information content (AvgIpc) is 2.99. The van der Waals surface area contributed by atoms with Crippen molar-refractivity contribution in [2.45, 2.75) is 33.7 Å². The highest BCUT2D eigenvalue weighted by Crippen LogP contribution is 2.22. The Morgan fingerprint density at radius 1 is 1.43 bits per heavy atom. The second kappa shape index (κ2) is 5.73. The molecule has 0 aliphatic heterocycles. The summed E-state index contributed by atoms with van der Waals surface area (Å²) in [6.07, 6.45) is 0. The number of hydrogen-bond acceptors (Lipinski definition) is 4. The highest BCUT2D eigenvalue weighted by Gasteiger charge is 2.22. The number of likely N-dealkylation sites (N-methyl/N-ethyl adjacent to an activating group) is 1. The van der Waals surface area contributed by atoms with Crippen LogP contribution >= 0.6 is 0 Å². The van der Waals surface area contributed by atoms with E-state index < -0.39 is 0 Å². The molecule has 0 spiro atoms. The molecule has 6 nitrogen and oxygen atoms in total. The van der Waals surface area contributed by atoms with Gasteiger partial charge in [0.05, 0.1) is 5.56 Å². The fourth-order valence-corrected chi connectivity index (χ4v) is 2.34.